The molecule has 4 rings (SSSR count). The molecule has 1 aliphatic carbocycles. The Morgan fingerprint density at radius 1 is 1.19 bits per heavy atom. The third kappa shape index (κ3) is 4.96. The number of thioether (sulfide) groups is 1. The highest BCUT2D eigenvalue weighted by molar-refractivity contribution is 8.00. The molecular formula is C23H23N3O4S. The molecule has 0 unspecified atom stereocenters. The number of hydrogen-bond donors (Lipinski definition) is 1. The number of hydrogen-bond acceptors (Lipinski definition) is 6. The average Bonchev–Trinajstić information content (AvgIpc) is 3.28. The van der Waals surface area contributed by atoms with Crippen LogP contribution < -0.4 is 11.0 Å². The van der Waals surface area contributed by atoms with Crippen molar-refractivity contribution in [2.45, 2.75) is 44.2 Å². The second kappa shape index (κ2) is 9.34. The van der Waals surface area contributed by atoms with Crippen LogP contribution in [0.1, 0.15) is 47.1 Å². The lowest BCUT2D eigenvalue weighted by atomic mass is 9.97. The molecule has 1 aromatic carbocycles. The van der Waals surface area contributed by atoms with Crippen LogP contribution in [0.2, 0.25) is 0 Å². The van der Waals surface area contributed by atoms with Gasteiger partial charge in [0.05, 0.1) is 18.6 Å². The van der Waals surface area contributed by atoms with Crippen molar-refractivity contribution in [3.8, 4) is 0 Å². The van der Waals surface area contributed by atoms with Crippen molar-refractivity contribution in [2.75, 3.05) is 11.1 Å². The molecule has 31 heavy (non-hydrogen) atoms. The molecule has 8 heteroatoms. The molecule has 7 nitrogen and oxygen atoms in total. The zero-order chi connectivity index (χ0) is 21.8. The largest absolute Gasteiger partial charge is 0.467 e. The predicted octanol–water partition coefficient (Wildman–Crippen LogP) is 3.70. The molecule has 0 radical (unpaired) electrons. The Labute approximate surface area is 183 Å². The lowest BCUT2D eigenvalue weighted by molar-refractivity contribution is -0.113. The first-order valence-electron chi connectivity index (χ1n) is 10.2. The van der Waals surface area contributed by atoms with E-state index in [0.29, 0.717) is 28.6 Å². The summed E-state index contributed by atoms with van der Waals surface area (Å²) < 4.78 is 7.09. The van der Waals surface area contributed by atoms with Gasteiger partial charge < -0.3 is 9.73 Å². The quantitative estimate of drug-likeness (QED) is 0.344. The number of aromatic nitrogens is 2. The van der Waals surface area contributed by atoms with Gasteiger partial charge in [-0.05, 0) is 56.9 Å². The molecule has 0 saturated carbocycles. The first kappa shape index (κ1) is 21.1. The van der Waals surface area contributed by atoms with Gasteiger partial charge in [0.15, 0.2) is 5.78 Å². The Bertz CT molecular complexity index is 1170. The van der Waals surface area contributed by atoms with E-state index < -0.39 is 0 Å². The van der Waals surface area contributed by atoms with E-state index in [0.717, 1.165) is 36.9 Å². The standard InChI is InChI=1S/C23H23N3O4S/c1-15(27)16-6-4-7-17(12-16)24-21(28)14-31-22-19-9-2-3-10-20(19)26(23(29)25-22)13-18-8-5-11-30-18/h4-8,11-12H,2-3,9-10,13-14H2,1H3,(H,24,28). The topological polar surface area (TPSA) is 94.2 Å². The highest BCUT2D eigenvalue weighted by Gasteiger charge is 2.21. The third-order valence-electron chi connectivity index (χ3n) is 5.24. The van der Waals surface area contributed by atoms with Crippen LogP contribution >= 0.6 is 11.8 Å². The summed E-state index contributed by atoms with van der Waals surface area (Å²) >= 11 is 1.28. The molecule has 1 aliphatic rings. The molecular weight excluding hydrogens is 414 g/mol. The average molecular weight is 438 g/mol. The van der Waals surface area contributed by atoms with Gasteiger partial charge in [0.25, 0.3) is 0 Å². The van der Waals surface area contributed by atoms with Gasteiger partial charge in [-0.2, -0.15) is 4.98 Å². The Kier molecular flexibility index (Phi) is 6.36. The number of furan rings is 1. The van der Waals surface area contributed by atoms with E-state index in [1.807, 2.05) is 6.07 Å². The van der Waals surface area contributed by atoms with Crippen LogP contribution in [0.4, 0.5) is 5.69 Å². The first-order chi connectivity index (χ1) is 15.0. The molecule has 1 amide bonds. The molecule has 160 valence electrons. The fourth-order valence-electron chi connectivity index (χ4n) is 3.74. The van der Waals surface area contributed by atoms with Crippen LogP contribution in [0.15, 0.2) is 56.9 Å². The smallest absolute Gasteiger partial charge is 0.349 e. The SMILES string of the molecule is CC(=O)c1cccc(NC(=O)CSc2nc(=O)n(Cc3ccco3)c3c2CCCC3)c1. The molecule has 1 N–H and O–H groups in total. The molecule has 2 heterocycles. The number of nitrogens with one attached hydrogen (secondary N) is 1. The van der Waals surface area contributed by atoms with Gasteiger partial charge >= 0.3 is 5.69 Å². The molecule has 0 aliphatic heterocycles. The lowest BCUT2D eigenvalue weighted by Gasteiger charge is -2.22. The van der Waals surface area contributed by atoms with Crippen molar-refractivity contribution >= 4 is 29.1 Å². The van der Waals surface area contributed by atoms with Crippen molar-refractivity contribution in [1.82, 2.24) is 9.55 Å². The van der Waals surface area contributed by atoms with Crippen molar-refractivity contribution in [2.24, 2.45) is 0 Å². The molecule has 0 fully saturated rings. The van der Waals surface area contributed by atoms with E-state index in [-0.39, 0.29) is 23.1 Å². The Balaban J connectivity index is 1.50. The number of carbonyl (C=O) groups is 2. The summed E-state index contributed by atoms with van der Waals surface area (Å²) in [6, 6.07) is 10.5. The summed E-state index contributed by atoms with van der Waals surface area (Å²) in [5.41, 5.74) is 2.83. The molecule has 0 saturated heterocycles. The number of anilines is 1. The summed E-state index contributed by atoms with van der Waals surface area (Å²) in [5, 5.41) is 3.44. The molecule has 0 atom stereocenters. The number of ketones is 1. The molecule has 2 aromatic heterocycles. The van der Waals surface area contributed by atoms with Crippen LogP contribution in [-0.2, 0) is 24.2 Å². The maximum atomic E-state index is 12.7. The maximum absolute atomic E-state index is 12.7. The number of benzene rings is 1. The maximum Gasteiger partial charge on any atom is 0.349 e. The first-order valence-corrected chi connectivity index (χ1v) is 11.2. The fraction of sp³-hybridized carbons (Fsp3) is 0.304. The van der Waals surface area contributed by atoms with Gasteiger partial charge in [-0.3, -0.25) is 14.2 Å². The number of fused-ring (bicyclic) bond motifs is 1. The molecule has 0 spiro atoms. The van der Waals surface area contributed by atoms with E-state index in [2.05, 4.69) is 10.3 Å². The van der Waals surface area contributed by atoms with Crippen LogP contribution in [0, 0.1) is 0 Å². The van der Waals surface area contributed by atoms with Gasteiger partial charge in [0, 0.05) is 22.5 Å². The van der Waals surface area contributed by atoms with Crippen LogP contribution in [-0.4, -0.2) is 27.0 Å². The second-order valence-corrected chi connectivity index (χ2v) is 8.44. The zero-order valence-corrected chi connectivity index (χ0v) is 18.0. The summed E-state index contributed by atoms with van der Waals surface area (Å²) in [5.74, 6) is 0.572. The fourth-order valence-corrected chi connectivity index (χ4v) is 4.61. The molecule has 3 aromatic rings. The van der Waals surface area contributed by atoms with Gasteiger partial charge in [-0.15, -0.1) is 0 Å². The number of nitrogens with zero attached hydrogens (tertiary/aromatic N) is 2. The van der Waals surface area contributed by atoms with Crippen molar-refractivity contribution in [1.29, 1.82) is 0 Å². The highest BCUT2D eigenvalue weighted by atomic mass is 32.2. The minimum absolute atomic E-state index is 0.0589. The second-order valence-electron chi connectivity index (χ2n) is 7.47. The summed E-state index contributed by atoms with van der Waals surface area (Å²) in [4.78, 5) is 41.0. The predicted molar refractivity (Wildman–Crippen MR) is 119 cm³/mol. The Hall–Kier alpha value is -3.13. The van der Waals surface area contributed by atoms with E-state index in [9.17, 15) is 14.4 Å². The molecule has 0 bridgehead atoms. The zero-order valence-electron chi connectivity index (χ0n) is 17.2. The van der Waals surface area contributed by atoms with Gasteiger partial charge in [0.2, 0.25) is 5.91 Å². The monoisotopic (exact) mass is 437 g/mol. The number of Topliss-reactive ketones (excluding diaryl/α,β-unsaturated/α-hetero) is 1. The van der Waals surface area contributed by atoms with Crippen molar-refractivity contribution < 1.29 is 14.0 Å². The van der Waals surface area contributed by atoms with E-state index in [1.54, 1.807) is 41.2 Å². The minimum atomic E-state index is -0.325. The minimum Gasteiger partial charge on any atom is -0.467 e. The van der Waals surface area contributed by atoms with Gasteiger partial charge in [-0.25, -0.2) is 4.79 Å². The third-order valence-corrected chi connectivity index (χ3v) is 6.26. The summed E-state index contributed by atoms with van der Waals surface area (Å²) in [6.45, 7) is 1.85. The number of rotatable bonds is 7. The number of carbonyl (C=O) groups excluding carboxylic acids is 2. The number of amides is 1. The van der Waals surface area contributed by atoms with Crippen molar-refractivity contribution in [3.63, 3.8) is 0 Å². The summed E-state index contributed by atoms with van der Waals surface area (Å²) in [7, 11) is 0. The van der Waals surface area contributed by atoms with E-state index >= 15 is 0 Å². The van der Waals surface area contributed by atoms with Crippen LogP contribution in [0.5, 0.6) is 0 Å². The van der Waals surface area contributed by atoms with E-state index in [1.165, 1.54) is 18.7 Å². The lowest BCUT2D eigenvalue weighted by Crippen LogP contribution is -2.30. The highest BCUT2D eigenvalue weighted by Crippen LogP contribution is 2.29. The van der Waals surface area contributed by atoms with Crippen LogP contribution in [0.3, 0.4) is 0 Å². The van der Waals surface area contributed by atoms with Crippen molar-refractivity contribution in [3.05, 3.63) is 75.7 Å². The van der Waals surface area contributed by atoms with Gasteiger partial charge in [0.1, 0.15) is 10.8 Å². The Morgan fingerprint density at radius 2 is 2.03 bits per heavy atom. The normalized spacial score (nSPS) is 12.9. The van der Waals surface area contributed by atoms with Crippen LogP contribution in [0.25, 0.3) is 0 Å². The van der Waals surface area contributed by atoms with Gasteiger partial charge in [-0.1, -0.05) is 23.9 Å². The summed E-state index contributed by atoms with van der Waals surface area (Å²) in [6.07, 6.45) is 5.29. The van der Waals surface area contributed by atoms with E-state index in [4.69, 9.17) is 4.42 Å². The Morgan fingerprint density at radius 3 is 2.81 bits per heavy atom.